The van der Waals surface area contributed by atoms with E-state index in [4.69, 9.17) is 11.6 Å². The largest absolute Gasteiger partial charge is 0.275 e. The summed E-state index contributed by atoms with van der Waals surface area (Å²) in [6.45, 7) is 1.92. The van der Waals surface area contributed by atoms with Gasteiger partial charge >= 0.3 is 0 Å². The van der Waals surface area contributed by atoms with Crippen molar-refractivity contribution in [2.45, 2.75) is 37.5 Å². The maximum Gasteiger partial charge on any atom is 0.263 e. The molecule has 5 heteroatoms. The number of hydrogen-bond donors (Lipinski definition) is 0. The summed E-state index contributed by atoms with van der Waals surface area (Å²) in [5.41, 5.74) is 2.06. The van der Waals surface area contributed by atoms with Crippen LogP contribution in [-0.2, 0) is 10.0 Å². The van der Waals surface area contributed by atoms with Gasteiger partial charge in [0.25, 0.3) is 10.0 Å². The van der Waals surface area contributed by atoms with E-state index in [-0.39, 0.29) is 4.90 Å². The first-order chi connectivity index (χ1) is 9.91. The molecule has 0 N–H and O–H groups in total. The van der Waals surface area contributed by atoms with Gasteiger partial charge in [-0.15, -0.1) is 0 Å². The average Bonchev–Trinajstić information content (AvgIpc) is 2.48. The third-order valence-corrected chi connectivity index (χ3v) is 5.66. The molecule has 1 aromatic carbocycles. The molecule has 0 fully saturated rings. The summed E-state index contributed by atoms with van der Waals surface area (Å²) in [5.74, 6) is 0. The maximum absolute atomic E-state index is 12.5. The Balaban J connectivity index is 2.23. The Kier molecular flexibility index (Phi) is 5.12. The molecule has 0 atom stereocenters. The lowest BCUT2D eigenvalue weighted by Crippen LogP contribution is -2.22. The molecular formula is C16H20ClNO2S. The van der Waals surface area contributed by atoms with Crippen molar-refractivity contribution >= 4 is 21.6 Å². The number of sulfonamides is 1. The van der Waals surface area contributed by atoms with E-state index in [0.717, 1.165) is 30.4 Å². The highest BCUT2D eigenvalue weighted by atomic mass is 35.5. The second kappa shape index (κ2) is 6.67. The van der Waals surface area contributed by atoms with Crippen LogP contribution in [0.5, 0.6) is 0 Å². The summed E-state index contributed by atoms with van der Waals surface area (Å²) >= 11 is 6.26. The summed E-state index contributed by atoms with van der Waals surface area (Å²) in [5, 5.41) is 0.507. The molecule has 21 heavy (non-hydrogen) atoms. The van der Waals surface area contributed by atoms with Crippen molar-refractivity contribution in [3.05, 3.63) is 52.7 Å². The van der Waals surface area contributed by atoms with Crippen LogP contribution in [0.2, 0.25) is 0 Å². The standard InChI is InChI=1S/C16H20ClNO2S/c1-13-8-10-15(11-9-13)21(19,20)18(2)12-16(17)14-6-4-3-5-7-14/h6,8-12H,3-5,7H2,1-2H3/b16-12+. The summed E-state index contributed by atoms with van der Waals surface area (Å²) < 4.78 is 26.1. The van der Waals surface area contributed by atoms with E-state index < -0.39 is 10.0 Å². The first-order valence-electron chi connectivity index (χ1n) is 7.02. The zero-order chi connectivity index (χ0) is 15.5. The van der Waals surface area contributed by atoms with Crippen molar-refractivity contribution in [3.8, 4) is 0 Å². The molecule has 0 heterocycles. The normalized spacial score (nSPS) is 16.5. The minimum absolute atomic E-state index is 0.272. The first kappa shape index (κ1) is 16.1. The Bertz CT molecular complexity index is 660. The lowest BCUT2D eigenvalue weighted by molar-refractivity contribution is 0.538. The molecule has 0 spiro atoms. The molecule has 0 saturated heterocycles. The van der Waals surface area contributed by atoms with Crippen LogP contribution in [0.1, 0.15) is 31.2 Å². The summed E-state index contributed by atoms with van der Waals surface area (Å²) in [4.78, 5) is 0.272. The highest BCUT2D eigenvalue weighted by Gasteiger charge is 2.19. The van der Waals surface area contributed by atoms with Gasteiger partial charge in [-0.2, -0.15) is 0 Å². The van der Waals surface area contributed by atoms with Crippen LogP contribution in [0.4, 0.5) is 0 Å². The lowest BCUT2D eigenvalue weighted by Gasteiger charge is -2.18. The van der Waals surface area contributed by atoms with Gasteiger partial charge < -0.3 is 0 Å². The predicted octanol–water partition coefficient (Wildman–Crippen LogP) is 4.20. The Labute approximate surface area is 132 Å². The maximum atomic E-state index is 12.5. The van der Waals surface area contributed by atoms with Crippen LogP contribution in [-0.4, -0.2) is 19.8 Å². The van der Waals surface area contributed by atoms with Gasteiger partial charge in [-0.1, -0.05) is 35.4 Å². The van der Waals surface area contributed by atoms with Gasteiger partial charge in [0, 0.05) is 13.2 Å². The third-order valence-electron chi connectivity index (χ3n) is 3.59. The molecule has 0 amide bonds. The molecule has 0 aliphatic heterocycles. The van der Waals surface area contributed by atoms with E-state index in [1.807, 2.05) is 6.92 Å². The fourth-order valence-corrected chi connectivity index (χ4v) is 3.68. The van der Waals surface area contributed by atoms with E-state index in [2.05, 4.69) is 6.08 Å². The molecule has 1 aliphatic carbocycles. The molecule has 0 aromatic heterocycles. The van der Waals surface area contributed by atoms with Crippen LogP contribution in [0.25, 0.3) is 0 Å². The SMILES string of the molecule is Cc1ccc(S(=O)(=O)N(C)/C=C(/Cl)C2=CCCCC2)cc1. The van der Waals surface area contributed by atoms with Crippen LogP contribution in [0.3, 0.4) is 0 Å². The minimum atomic E-state index is -3.54. The van der Waals surface area contributed by atoms with E-state index in [1.54, 1.807) is 24.3 Å². The molecular weight excluding hydrogens is 306 g/mol. The highest BCUT2D eigenvalue weighted by Crippen LogP contribution is 2.27. The number of hydrogen-bond acceptors (Lipinski definition) is 2. The van der Waals surface area contributed by atoms with Gasteiger partial charge in [0.2, 0.25) is 0 Å². The molecule has 0 radical (unpaired) electrons. The van der Waals surface area contributed by atoms with Crippen LogP contribution < -0.4 is 0 Å². The molecule has 0 bridgehead atoms. The van der Waals surface area contributed by atoms with Crippen molar-refractivity contribution in [2.24, 2.45) is 0 Å². The molecule has 0 saturated carbocycles. The number of nitrogens with zero attached hydrogens (tertiary/aromatic N) is 1. The molecule has 0 unspecified atom stereocenters. The Morgan fingerprint density at radius 2 is 1.90 bits per heavy atom. The first-order valence-corrected chi connectivity index (χ1v) is 8.84. The number of halogens is 1. The Morgan fingerprint density at radius 3 is 2.48 bits per heavy atom. The van der Waals surface area contributed by atoms with Gasteiger partial charge in [0.15, 0.2) is 0 Å². The number of benzene rings is 1. The number of aryl methyl sites for hydroxylation is 1. The summed E-state index contributed by atoms with van der Waals surface area (Å²) in [6, 6.07) is 6.80. The molecule has 1 aliphatic rings. The van der Waals surface area contributed by atoms with Crippen molar-refractivity contribution in [1.29, 1.82) is 0 Å². The smallest absolute Gasteiger partial charge is 0.263 e. The van der Waals surface area contributed by atoms with E-state index in [0.29, 0.717) is 5.03 Å². The average molecular weight is 326 g/mol. The van der Waals surface area contributed by atoms with Crippen LogP contribution >= 0.6 is 11.6 Å². The van der Waals surface area contributed by atoms with Gasteiger partial charge in [-0.3, -0.25) is 4.31 Å². The molecule has 3 nitrogen and oxygen atoms in total. The second-order valence-corrected chi connectivity index (χ2v) is 7.69. The fraction of sp³-hybridized carbons (Fsp3) is 0.375. The Morgan fingerprint density at radius 1 is 1.24 bits per heavy atom. The van der Waals surface area contributed by atoms with Gasteiger partial charge in [0.05, 0.1) is 9.93 Å². The highest BCUT2D eigenvalue weighted by molar-refractivity contribution is 7.89. The van der Waals surface area contributed by atoms with E-state index in [1.165, 1.54) is 24.0 Å². The zero-order valence-corrected chi connectivity index (χ0v) is 13.9. The van der Waals surface area contributed by atoms with Crippen molar-refractivity contribution in [2.75, 3.05) is 7.05 Å². The van der Waals surface area contributed by atoms with Gasteiger partial charge in [-0.05, 0) is 50.3 Å². The number of allylic oxidation sites excluding steroid dienone is 3. The topological polar surface area (TPSA) is 37.4 Å². The van der Waals surface area contributed by atoms with E-state index >= 15 is 0 Å². The second-order valence-electron chi connectivity index (χ2n) is 5.29. The lowest BCUT2D eigenvalue weighted by atomic mass is 9.99. The predicted molar refractivity (Wildman–Crippen MR) is 86.6 cm³/mol. The molecule has 1 aromatic rings. The summed E-state index contributed by atoms with van der Waals surface area (Å²) in [6.07, 6.45) is 7.78. The van der Waals surface area contributed by atoms with Crippen molar-refractivity contribution in [1.82, 2.24) is 4.31 Å². The van der Waals surface area contributed by atoms with Crippen molar-refractivity contribution < 1.29 is 8.42 Å². The quantitative estimate of drug-likeness (QED) is 0.832. The number of rotatable bonds is 4. The van der Waals surface area contributed by atoms with Crippen molar-refractivity contribution in [3.63, 3.8) is 0 Å². The van der Waals surface area contributed by atoms with Crippen LogP contribution in [0.15, 0.2) is 52.0 Å². The minimum Gasteiger partial charge on any atom is -0.275 e. The third kappa shape index (κ3) is 3.89. The fourth-order valence-electron chi connectivity index (χ4n) is 2.24. The molecule has 114 valence electrons. The zero-order valence-electron chi connectivity index (χ0n) is 12.3. The van der Waals surface area contributed by atoms with Crippen LogP contribution in [0, 0.1) is 6.92 Å². The monoisotopic (exact) mass is 325 g/mol. The van der Waals surface area contributed by atoms with Gasteiger partial charge in [-0.25, -0.2) is 8.42 Å². The Hall–Kier alpha value is -1.26. The summed E-state index contributed by atoms with van der Waals surface area (Å²) in [7, 11) is -2.03. The van der Waals surface area contributed by atoms with Gasteiger partial charge in [0.1, 0.15) is 0 Å². The molecule has 2 rings (SSSR count). The van der Waals surface area contributed by atoms with E-state index in [9.17, 15) is 8.42 Å².